The van der Waals surface area contributed by atoms with E-state index in [1.54, 1.807) is 33.1 Å². The van der Waals surface area contributed by atoms with Crippen molar-refractivity contribution in [1.82, 2.24) is 15.0 Å². The van der Waals surface area contributed by atoms with E-state index >= 15 is 0 Å². The number of terminal acetylenes is 1. The summed E-state index contributed by atoms with van der Waals surface area (Å²) in [7, 11) is 23.4. The second-order valence-corrected chi connectivity index (χ2v) is 12.0. The van der Waals surface area contributed by atoms with Crippen LogP contribution in [0.3, 0.4) is 0 Å². The second-order valence-electron chi connectivity index (χ2n) is 12.0. The molecule has 4 unspecified atom stereocenters. The summed E-state index contributed by atoms with van der Waals surface area (Å²) in [6.07, 6.45) is 11.3. The summed E-state index contributed by atoms with van der Waals surface area (Å²) in [5.74, 6) is 0. The van der Waals surface area contributed by atoms with Crippen LogP contribution in [0.15, 0.2) is 11.3 Å². The average molecular weight is 684 g/mol. The van der Waals surface area contributed by atoms with Crippen molar-refractivity contribution in [2.75, 3.05) is 48.2 Å². The number of nitrogens with zero attached hydrogens (tertiary/aromatic N) is 6. The van der Waals surface area contributed by atoms with Crippen LogP contribution < -0.4 is 0 Å². The van der Waals surface area contributed by atoms with Crippen LogP contribution >= 0.6 is 0 Å². The Bertz CT molecular complexity index is 1180. The highest BCUT2D eigenvalue weighted by Gasteiger charge is 2.36. The zero-order chi connectivity index (χ0) is 35.8. The number of rotatable bonds is 14. The lowest BCUT2D eigenvalue weighted by atomic mass is 9.96. The lowest BCUT2D eigenvalue weighted by Crippen LogP contribution is -2.28. The highest BCUT2D eigenvalue weighted by Crippen LogP contribution is 2.25. The van der Waals surface area contributed by atoms with Gasteiger partial charge in [-0.1, -0.05) is 16.8 Å². The van der Waals surface area contributed by atoms with E-state index in [1.165, 1.54) is 0 Å². The molecule has 16 nitrogen and oxygen atoms in total. The highest BCUT2D eigenvalue weighted by atomic mass is 16.6. The van der Waals surface area contributed by atoms with Crippen molar-refractivity contribution in [2.45, 2.75) is 119 Å². The molecule has 0 aromatic carbocycles. The zero-order valence-electron chi connectivity index (χ0n) is 28.9. The molecule has 6 radical (unpaired) electrons. The predicted molar refractivity (Wildman–Crippen MR) is 178 cm³/mol. The molecule has 4 saturated heterocycles. The minimum absolute atomic E-state index is 0.00846. The van der Waals surface area contributed by atoms with E-state index in [-0.39, 0.29) is 79.5 Å². The van der Waals surface area contributed by atoms with Gasteiger partial charge in [0.15, 0.2) is 0 Å². The Balaban J connectivity index is 0.000000226. The van der Waals surface area contributed by atoms with Gasteiger partial charge < -0.3 is 47.4 Å². The molecule has 5 rings (SSSR count). The minimum Gasteiger partial charge on any atom is -0.441 e. The molecule has 0 aliphatic carbocycles. The van der Waals surface area contributed by atoms with Gasteiger partial charge in [0.1, 0.15) is 59.8 Å². The first-order valence-corrected chi connectivity index (χ1v) is 16.2. The van der Waals surface area contributed by atoms with Gasteiger partial charge in [0.25, 0.3) is 0 Å². The monoisotopic (exact) mass is 684 g/mol. The van der Waals surface area contributed by atoms with Crippen LogP contribution in [0.4, 0.5) is 0 Å². The molecule has 4 fully saturated rings. The van der Waals surface area contributed by atoms with E-state index in [4.69, 9.17) is 82.9 Å². The van der Waals surface area contributed by atoms with Crippen LogP contribution in [0.25, 0.3) is 10.4 Å². The summed E-state index contributed by atoms with van der Waals surface area (Å²) >= 11 is 0. The van der Waals surface area contributed by atoms with Crippen molar-refractivity contribution in [3.8, 4) is 12.5 Å². The summed E-state index contributed by atoms with van der Waals surface area (Å²) in [4.78, 5) is 2.64. The minimum atomic E-state index is -0.297. The molecular formula is C30H47B3N6O10. The van der Waals surface area contributed by atoms with Crippen LogP contribution in [-0.4, -0.2) is 160 Å². The normalized spacial score (nSPS) is 35.0. The molecule has 5 heterocycles. The molecule has 266 valence electrons. The maximum atomic E-state index is 8.08. The predicted octanol–water partition coefficient (Wildman–Crippen LogP) is 0.773. The van der Waals surface area contributed by atoms with E-state index in [0.717, 1.165) is 12.1 Å². The fourth-order valence-electron chi connectivity index (χ4n) is 5.98. The van der Waals surface area contributed by atoms with Crippen LogP contribution in [0.5, 0.6) is 0 Å². The van der Waals surface area contributed by atoms with Crippen LogP contribution in [0.2, 0.25) is 0 Å². The third kappa shape index (κ3) is 13.4. The standard InChI is InChI=1S/C16H26BN3O5.C8H11BO3.C6H10BN3O2/c1-10-4-13(15(24-10)9-21-2)23-8-11-6-20(19-18-11)7-14-12(22-3)5-16(17)25-14;1-3-11-6-4-8(9)12-7(6)5-10-2;1-11-4-2-6(7)12-5(4)3-9-10-8/h6,10,12-16H,4-5,7-9H2,1-3H3;1,6-8H,4-5H2,2H3;4-6H,2-3H2,1H3/t10-,12?,13?,14+,15+,16+;6?,7-,8-;4?,5-,6-/m011/s1. The lowest BCUT2D eigenvalue weighted by molar-refractivity contribution is -0.0582. The van der Waals surface area contributed by atoms with Crippen LogP contribution in [0, 0.1) is 12.5 Å². The number of hydrogen-bond donors (Lipinski definition) is 0. The summed E-state index contributed by atoms with van der Waals surface area (Å²) in [6, 6.07) is -0.874. The maximum Gasteiger partial charge on any atom is 0.140 e. The van der Waals surface area contributed by atoms with E-state index in [1.807, 2.05) is 13.1 Å². The number of hydrogen-bond acceptors (Lipinski definition) is 13. The molecule has 1 aromatic heterocycles. The largest absolute Gasteiger partial charge is 0.441 e. The molecule has 19 heteroatoms. The van der Waals surface area contributed by atoms with E-state index < -0.39 is 0 Å². The number of azide groups is 1. The van der Waals surface area contributed by atoms with Gasteiger partial charge in [-0.25, -0.2) is 4.68 Å². The first-order chi connectivity index (χ1) is 23.6. The summed E-state index contributed by atoms with van der Waals surface area (Å²) in [6.45, 7) is 4.25. The van der Waals surface area contributed by atoms with Gasteiger partial charge in [-0.05, 0) is 25.3 Å². The van der Waals surface area contributed by atoms with Crippen LogP contribution in [0.1, 0.15) is 38.3 Å². The summed E-state index contributed by atoms with van der Waals surface area (Å²) in [5, 5.41) is 11.7. The van der Waals surface area contributed by atoms with Crippen molar-refractivity contribution >= 4 is 23.5 Å². The van der Waals surface area contributed by atoms with Gasteiger partial charge >= 0.3 is 0 Å². The van der Waals surface area contributed by atoms with Gasteiger partial charge in [-0.3, -0.25) is 0 Å². The molecule has 49 heavy (non-hydrogen) atoms. The maximum absolute atomic E-state index is 8.08. The molecule has 4 aliphatic heterocycles. The van der Waals surface area contributed by atoms with E-state index in [2.05, 4.69) is 26.4 Å². The quantitative estimate of drug-likeness (QED) is 0.0888. The molecule has 12 atom stereocenters. The first-order valence-electron chi connectivity index (χ1n) is 16.2. The van der Waals surface area contributed by atoms with Gasteiger partial charge in [-0.15, -0.1) is 5.10 Å². The third-order valence-corrected chi connectivity index (χ3v) is 8.28. The molecular weight excluding hydrogens is 637 g/mol. The molecule has 1 aromatic rings. The van der Waals surface area contributed by atoms with Crippen molar-refractivity contribution in [2.24, 2.45) is 5.11 Å². The topological polar surface area (TPSA) is 172 Å². The lowest BCUT2D eigenvalue weighted by Gasteiger charge is -2.17. The van der Waals surface area contributed by atoms with E-state index in [9.17, 15) is 0 Å². The fraction of sp³-hybridized carbons (Fsp3) is 0.867. The van der Waals surface area contributed by atoms with Gasteiger partial charge in [-0.2, -0.15) is 0 Å². The molecule has 0 N–H and O–H groups in total. The Hall–Kier alpha value is -2.36. The number of ether oxygens (including phenoxy) is 10. The second kappa shape index (κ2) is 21.8. The summed E-state index contributed by atoms with van der Waals surface area (Å²) in [5.41, 5.74) is 8.85. The van der Waals surface area contributed by atoms with Crippen molar-refractivity contribution in [3.05, 3.63) is 22.3 Å². The highest BCUT2D eigenvalue weighted by molar-refractivity contribution is 6.11. The van der Waals surface area contributed by atoms with Crippen molar-refractivity contribution in [1.29, 1.82) is 0 Å². The molecule has 0 spiro atoms. The Labute approximate surface area is 292 Å². The average Bonchev–Trinajstić information content (AvgIpc) is 3.90. The van der Waals surface area contributed by atoms with Gasteiger partial charge in [0, 0.05) is 64.2 Å². The molecule has 4 aliphatic rings. The zero-order valence-corrected chi connectivity index (χ0v) is 28.9. The fourth-order valence-corrected chi connectivity index (χ4v) is 5.98. The van der Waals surface area contributed by atoms with E-state index in [0.29, 0.717) is 45.6 Å². The Morgan fingerprint density at radius 3 is 2.04 bits per heavy atom. The Morgan fingerprint density at radius 1 is 0.878 bits per heavy atom. The number of methoxy groups -OCH3 is 4. The van der Waals surface area contributed by atoms with Gasteiger partial charge in [0.2, 0.25) is 0 Å². The van der Waals surface area contributed by atoms with Crippen LogP contribution in [-0.2, 0) is 60.5 Å². The van der Waals surface area contributed by atoms with Gasteiger partial charge in [0.05, 0.1) is 69.6 Å². The smallest absolute Gasteiger partial charge is 0.140 e. The molecule has 0 saturated carbocycles. The molecule has 0 amide bonds. The number of aromatic nitrogens is 3. The summed E-state index contributed by atoms with van der Waals surface area (Å²) < 4.78 is 55.4. The first kappa shape index (κ1) is 41.1. The SMILES string of the molecule is [B][C@H]1CC(OC#C)[C@@H](COC)O1.[B][C@H]1CC(OC)[C@@H](CN=[N+]=[N-])O1.[B][C@H]1CC(OC)[C@@H](Cn2cc(COC3C[C@H](C)O[C@@H]3COC)nn2)O1. The Morgan fingerprint density at radius 2 is 1.45 bits per heavy atom. The Kier molecular flexibility index (Phi) is 18.2. The van der Waals surface area contributed by atoms with Crippen molar-refractivity contribution < 1.29 is 47.4 Å². The molecule has 0 bridgehead atoms. The van der Waals surface area contributed by atoms with Crippen molar-refractivity contribution in [3.63, 3.8) is 0 Å². The third-order valence-electron chi connectivity index (χ3n) is 8.28.